The summed E-state index contributed by atoms with van der Waals surface area (Å²) in [4.78, 5) is 16.5. The zero-order valence-electron chi connectivity index (χ0n) is 12.1. The maximum absolute atomic E-state index is 12.1. The number of carbonyl (C=O) groups is 1. The third-order valence-electron chi connectivity index (χ3n) is 3.07. The normalized spacial score (nSPS) is 20.3. The van der Waals surface area contributed by atoms with Gasteiger partial charge < -0.3 is 10.1 Å². The highest BCUT2D eigenvalue weighted by Gasteiger charge is 2.30. The molecule has 20 heavy (non-hydrogen) atoms. The molecule has 0 aliphatic carbocycles. The molecule has 1 amide bonds. The van der Waals surface area contributed by atoms with Crippen LogP contribution in [0.2, 0.25) is 0 Å². The molecule has 1 saturated heterocycles. The highest BCUT2D eigenvalue weighted by molar-refractivity contribution is 6.06. The first-order valence-corrected chi connectivity index (χ1v) is 6.80. The molecule has 1 aromatic carbocycles. The van der Waals surface area contributed by atoms with E-state index in [2.05, 4.69) is 29.5 Å². The molecule has 1 aromatic rings. The third kappa shape index (κ3) is 3.36. The van der Waals surface area contributed by atoms with Gasteiger partial charge in [-0.2, -0.15) is 0 Å². The molecule has 0 bridgehead atoms. The van der Waals surface area contributed by atoms with Crippen LogP contribution in [0.1, 0.15) is 31.0 Å². The summed E-state index contributed by atoms with van der Waals surface area (Å²) in [5.74, 6) is 0.943. The summed E-state index contributed by atoms with van der Waals surface area (Å²) in [5.41, 5.74) is 1.94. The number of nitrogens with zero attached hydrogens (tertiary/aromatic N) is 1. The Morgan fingerprint density at radius 1 is 1.35 bits per heavy atom. The average molecular weight is 275 g/mol. The third-order valence-corrected chi connectivity index (χ3v) is 3.07. The van der Waals surface area contributed by atoms with Crippen LogP contribution in [0.15, 0.2) is 29.3 Å². The highest BCUT2D eigenvalue weighted by atomic mass is 16.5. The quantitative estimate of drug-likeness (QED) is 0.858. The first-order valence-electron chi connectivity index (χ1n) is 6.80. The van der Waals surface area contributed by atoms with E-state index in [1.54, 1.807) is 7.11 Å². The first-order chi connectivity index (χ1) is 9.61. The van der Waals surface area contributed by atoms with Gasteiger partial charge in [0.1, 0.15) is 6.04 Å². The van der Waals surface area contributed by atoms with E-state index in [9.17, 15) is 4.79 Å². The van der Waals surface area contributed by atoms with E-state index in [1.165, 1.54) is 0 Å². The number of ether oxygens (including phenoxy) is 1. The van der Waals surface area contributed by atoms with Crippen LogP contribution in [-0.2, 0) is 16.1 Å². The Morgan fingerprint density at radius 2 is 2.10 bits per heavy atom. The van der Waals surface area contributed by atoms with Crippen molar-refractivity contribution < 1.29 is 9.53 Å². The van der Waals surface area contributed by atoms with Gasteiger partial charge in [0.15, 0.2) is 5.96 Å². The Hall–Kier alpha value is -1.88. The molecule has 0 spiro atoms. The van der Waals surface area contributed by atoms with E-state index in [0.717, 1.165) is 11.1 Å². The fourth-order valence-corrected chi connectivity index (χ4v) is 2.11. The van der Waals surface area contributed by atoms with Gasteiger partial charge in [0, 0.05) is 13.7 Å². The van der Waals surface area contributed by atoms with Crippen LogP contribution in [0, 0.1) is 5.92 Å². The van der Waals surface area contributed by atoms with Crippen LogP contribution < -0.4 is 10.6 Å². The number of nitrogens with one attached hydrogen (secondary N) is 2. The van der Waals surface area contributed by atoms with Crippen molar-refractivity contribution in [3.63, 3.8) is 0 Å². The summed E-state index contributed by atoms with van der Waals surface area (Å²) in [7, 11) is 1.65. The fraction of sp³-hybridized carbons (Fsp3) is 0.467. The average Bonchev–Trinajstić information content (AvgIpc) is 2.79. The first kappa shape index (κ1) is 14.5. The zero-order valence-corrected chi connectivity index (χ0v) is 12.1. The summed E-state index contributed by atoms with van der Waals surface area (Å²) in [6, 6.07) is 7.38. The van der Waals surface area contributed by atoms with E-state index in [4.69, 9.17) is 4.74 Å². The van der Waals surface area contributed by atoms with Crippen LogP contribution in [0.25, 0.3) is 0 Å². The molecule has 5 nitrogen and oxygen atoms in total. The number of hydrogen-bond acceptors (Lipinski definition) is 3. The molecule has 2 rings (SSSR count). The molecule has 0 saturated carbocycles. The van der Waals surface area contributed by atoms with Gasteiger partial charge in [-0.3, -0.25) is 15.1 Å². The summed E-state index contributed by atoms with van der Waals surface area (Å²) < 4.78 is 5.18. The number of guanidine groups is 1. The van der Waals surface area contributed by atoms with Crippen molar-refractivity contribution >= 4 is 11.9 Å². The van der Waals surface area contributed by atoms with Gasteiger partial charge in [0.2, 0.25) is 0 Å². The maximum Gasteiger partial charge on any atom is 0.253 e. The Kier molecular flexibility index (Phi) is 4.74. The van der Waals surface area contributed by atoms with Crippen molar-refractivity contribution in [2.45, 2.75) is 26.5 Å². The van der Waals surface area contributed by atoms with Crippen LogP contribution in [0.3, 0.4) is 0 Å². The molecule has 1 atom stereocenters. The molecule has 0 aromatic heterocycles. The minimum Gasteiger partial charge on any atom is -0.380 e. The molecule has 1 aliphatic rings. The lowest BCUT2D eigenvalue weighted by atomic mass is 10.0. The van der Waals surface area contributed by atoms with Crippen molar-refractivity contribution in [2.24, 2.45) is 10.9 Å². The Bertz CT molecular complexity index is 512. The number of benzene rings is 1. The highest BCUT2D eigenvalue weighted by Crippen LogP contribution is 2.21. The largest absolute Gasteiger partial charge is 0.380 e. The van der Waals surface area contributed by atoms with E-state index in [1.807, 2.05) is 24.3 Å². The van der Waals surface area contributed by atoms with Gasteiger partial charge in [-0.05, 0) is 17.0 Å². The lowest BCUT2D eigenvalue weighted by molar-refractivity contribution is -0.120. The lowest BCUT2D eigenvalue weighted by Gasteiger charge is -2.13. The monoisotopic (exact) mass is 275 g/mol. The second-order valence-corrected chi connectivity index (χ2v) is 5.28. The zero-order chi connectivity index (χ0) is 14.5. The molecule has 1 aliphatic heterocycles. The molecule has 1 heterocycles. The number of aliphatic imine (C=N–C) groups is 1. The Morgan fingerprint density at radius 3 is 2.80 bits per heavy atom. The van der Waals surface area contributed by atoms with Crippen LogP contribution >= 0.6 is 0 Å². The fourth-order valence-electron chi connectivity index (χ4n) is 2.11. The number of hydrogen-bond donors (Lipinski definition) is 2. The van der Waals surface area contributed by atoms with Crippen molar-refractivity contribution in [3.8, 4) is 0 Å². The van der Waals surface area contributed by atoms with E-state index >= 15 is 0 Å². The molecule has 108 valence electrons. The van der Waals surface area contributed by atoms with Gasteiger partial charge in [-0.15, -0.1) is 0 Å². The number of rotatable bonds is 5. The number of carbonyl (C=O) groups excluding carboxylic acids is 1. The van der Waals surface area contributed by atoms with E-state index in [-0.39, 0.29) is 5.91 Å². The van der Waals surface area contributed by atoms with Crippen LogP contribution in [-0.4, -0.2) is 25.5 Å². The van der Waals surface area contributed by atoms with E-state index in [0.29, 0.717) is 25.0 Å². The maximum atomic E-state index is 12.1. The second-order valence-electron chi connectivity index (χ2n) is 5.28. The molecule has 5 heteroatoms. The van der Waals surface area contributed by atoms with Crippen molar-refractivity contribution in [3.05, 3.63) is 35.4 Å². The molecule has 0 radical (unpaired) electrons. The second kappa shape index (κ2) is 6.52. The standard InChI is InChI=1S/C15H21N3O2/c1-10(2)8-16-15-17-13(14(19)18-15)12-7-5-4-6-11(12)9-20-3/h4-7,10,13H,8-9H2,1-3H3,(H2,16,17,18,19). The van der Waals surface area contributed by atoms with Gasteiger partial charge in [0.05, 0.1) is 6.61 Å². The molecule has 1 unspecified atom stereocenters. The van der Waals surface area contributed by atoms with Gasteiger partial charge in [0.25, 0.3) is 5.91 Å². The molecule has 2 N–H and O–H groups in total. The molecule has 1 fully saturated rings. The Labute approximate surface area is 119 Å². The summed E-state index contributed by atoms with van der Waals surface area (Å²) in [5, 5.41) is 5.93. The summed E-state index contributed by atoms with van der Waals surface area (Å²) >= 11 is 0. The summed E-state index contributed by atoms with van der Waals surface area (Å²) in [6.45, 7) is 5.35. The topological polar surface area (TPSA) is 62.7 Å². The molecular formula is C15H21N3O2. The van der Waals surface area contributed by atoms with Crippen molar-refractivity contribution in [1.29, 1.82) is 0 Å². The number of amides is 1. The number of methoxy groups -OCH3 is 1. The SMILES string of the molecule is COCc1ccccc1C1NC(=NCC(C)C)NC1=O. The predicted octanol–water partition coefficient (Wildman–Crippen LogP) is 1.61. The predicted molar refractivity (Wildman–Crippen MR) is 78.3 cm³/mol. The van der Waals surface area contributed by atoms with Gasteiger partial charge >= 0.3 is 0 Å². The molecular weight excluding hydrogens is 254 g/mol. The Balaban J connectivity index is 2.18. The minimum absolute atomic E-state index is 0.0731. The van der Waals surface area contributed by atoms with Crippen molar-refractivity contribution in [2.75, 3.05) is 13.7 Å². The van der Waals surface area contributed by atoms with Gasteiger partial charge in [-0.1, -0.05) is 38.1 Å². The van der Waals surface area contributed by atoms with Crippen LogP contribution in [0.4, 0.5) is 0 Å². The summed E-state index contributed by atoms with van der Waals surface area (Å²) in [6.07, 6.45) is 0. The van der Waals surface area contributed by atoms with Gasteiger partial charge in [-0.25, -0.2) is 0 Å². The van der Waals surface area contributed by atoms with Crippen LogP contribution in [0.5, 0.6) is 0 Å². The lowest BCUT2D eigenvalue weighted by Crippen LogP contribution is -2.26. The van der Waals surface area contributed by atoms with E-state index < -0.39 is 6.04 Å². The minimum atomic E-state index is -0.396. The smallest absolute Gasteiger partial charge is 0.253 e. The van der Waals surface area contributed by atoms with Crippen molar-refractivity contribution in [1.82, 2.24) is 10.6 Å².